The van der Waals surface area contributed by atoms with Crippen LogP contribution in [0.4, 0.5) is 0 Å². The first kappa shape index (κ1) is 30.1. The van der Waals surface area contributed by atoms with E-state index < -0.39 is 11.9 Å². The lowest BCUT2D eigenvalue weighted by Crippen LogP contribution is -2.32. The molecule has 0 aliphatic carbocycles. The number of hydrogen-bond donors (Lipinski definition) is 0. The van der Waals surface area contributed by atoms with Crippen molar-refractivity contribution >= 4 is 11.9 Å². The van der Waals surface area contributed by atoms with Crippen molar-refractivity contribution in [3.63, 3.8) is 0 Å². The van der Waals surface area contributed by atoms with Crippen LogP contribution < -0.4 is 0 Å². The van der Waals surface area contributed by atoms with Gasteiger partial charge >= 0.3 is 11.9 Å². The van der Waals surface area contributed by atoms with Gasteiger partial charge in [0.05, 0.1) is 90.4 Å². The van der Waals surface area contributed by atoms with E-state index in [4.69, 9.17) is 37.9 Å². The Hall–Kier alpha value is -2.86. The van der Waals surface area contributed by atoms with Gasteiger partial charge in [0.15, 0.2) is 0 Å². The first-order chi connectivity index (χ1) is 19.7. The predicted octanol–water partition coefficient (Wildman–Crippen LogP) is 3.03. The third-order valence-corrected chi connectivity index (χ3v) is 6.32. The van der Waals surface area contributed by atoms with Crippen molar-refractivity contribution in [1.82, 2.24) is 0 Å². The van der Waals surface area contributed by atoms with Crippen molar-refractivity contribution in [2.45, 2.75) is 0 Å². The first-order valence-corrected chi connectivity index (χ1v) is 13.7. The molecular formula is C30H38O10. The normalized spacial score (nSPS) is 15.3. The van der Waals surface area contributed by atoms with Crippen molar-refractivity contribution < 1.29 is 47.5 Å². The molecule has 10 nitrogen and oxygen atoms in total. The van der Waals surface area contributed by atoms with E-state index in [0.29, 0.717) is 75.8 Å². The van der Waals surface area contributed by atoms with Gasteiger partial charge < -0.3 is 37.9 Å². The second-order valence-corrected chi connectivity index (χ2v) is 9.61. The zero-order valence-corrected chi connectivity index (χ0v) is 22.8. The minimum atomic E-state index is -0.440. The fraction of sp³-hybridized carbons (Fsp3) is 0.533. The van der Waals surface area contributed by atoms with Crippen LogP contribution in [0.1, 0.15) is 20.7 Å². The van der Waals surface area contributed by atoms with Gasteiger partial charge in [0.25, 0.3) is 0 Å². The molecule has 0 spiro atoms. The number of hydrogen-bond acceptors (Lipinski definition) is 10. The zero-order valence-electron chi connectivity index (χ0n) is 22.8. The van der Waals surface area contributed by atoms with Gasteiger partial charge in [0.2, 0.25) is 0 Å². The summed E-state index contributed by atoms with van der Waals surface area (Å²) in [5, 5.41) is 0. The maximum Gasteiger partial charge on any atom is 0.338 e. The van der Waals surface area contributed by atoms with E-state index in [1.54, 1.807) is 36.4 Å². The van der Waals surface area contributed by atoms with E-state index in [0.717, 1.165) is 37.6 Å². The van der Waals surface area contributed by atoms with Crippen LogP contribution in [0.15, 0.2) is 48.5 Å². The van der Waals surface area contributed by atoms with Gasteiger partial charge in [0.1, 0.15) is 13.2 Å². The van der Waals surface area contributed by atoms with Crippen molar-refractivity contribution in [1.29, 1.82) is 0 Å². The summed E-state index contributed by atoms with van der Waals surface area (Å²) in [6.45, 7) is 7.18. The summed E-state index contributed by atoms with van der Waals surface area (Å²) < 4.78 is 42.8. The Kier molecular flexibility index (Phi) is 12.8. The third-order valence-electron chi connectivity index (χ3n) is 6.32. The SMILES string of the molecule is O=C(OCCOCCOCC1COC1)c1cccc(-c2cccc(C(=O)OCCOCCOCC3COC3)c2)c1. The van der Waals surface area contributed by atoms with Crippen LogP contribution >= 0.6 is 0 Å². The van der Waals surface area contributed by atoms with E-state index in [1.807, 2.05) is 12.1 Å². The highest BCUT2D eigenvalue weighted by Gasteiger charge is 2.18. The fourth-order valence-corrected chi connectivity index (χ4v) is 3.91. The average Bonchev–Trinajstić information content (AvgIpc) is 2.93. The highest BCUT2D eigenvalue weighted by atomic mass is 16.6. The minimum absolute atomic E-state index is 0.146. The summed E-state index contributed by atoms with van der Waals surface area (Å²) in [6.07, 6.45) is 0. The Labute approximate surface area is 234 Å². The third kappa shape index (κ3) is 10.3. The van der Waals surface area contributed by atoms with Gasteiger partial charge in [0, 0.05) is 11.8 Å². The van der Waals surface area contributed by atoms with E-state index in [1.165, 1.54) is 0 Å². The molecule has 2 aliphatic rings. The lowest BCUT2D eigenvalue weighted by molar-refractivity contribution is -0.0782. The number of rotatable bonds is 19. The molecule has 2 aliphatic heterocycles. The van der Waals surface area contributed by atoms with Crippen LogP contribution in [0.5, 0.6) is 0 Å². The molecule has 0 amide bonds. The molecule has 10 heteroatoms. The monoisotopic (exact) mass is 558 g/mol. The highest BCUT2D eigenvalue weighted by Crippen LogP contribution is 2.22. The average molecular weight is 559 g/mol. The van der Waals surface area contributed by atoms with Gasteiger partial charge in [-0.2, -0.15) is 0 Å². The van der Waals surface area contributed by atoms with Crippen molar-refractivity contribution in [2.75, 3.05) is 92.5 Å². The smallest absolute Gasteiger partial charge is 0.338 e. The van der Waals surface area contributed by atoms with Crippen LogP contribution in [-0.4, -0.2) is 104 Å². The number of carbonyl (C=O) groups excluding carboxylic acids is 2. The molecule has 2 saturated heterocycles. The molecule has 2 heterocycles. The first-order valence-electron chi connectivity index (χ1n) is 13.7. The van der Waals surface area contributed by atoms with E-state index in [2.05, 4.69) is 0 Å². The van der Waals surface area contributed by atoms with Crippen LogP contribution in [0.3, 0.4) is 0 Å². The van der Waals surface area contributed by atoms with Crippen molar-refractivity contribution in [2.24, 2.45) is 11.8 Å². The molecule has 2 aromatic rings. The van der Waals surface area contributed by atoms with Crippen LogP contribution in [0.2, 0.25) is 0 Å². The van der Waals surface area contributed by atoms with Crippen LogP contribution in [-0.2, 0) is 37.9 Å². The summed E-state index contributed by atoms with van der Waals surface area (Å²) in [7, 11) is 0. The lowest BCUT2D eigenvalue weighted by Gasteiger charge is -2.25. The summed E-state index contributed by atoms with van der Waals surface area (Å²) in [5.41, 5.74) is 2.40. The van der Waals surface area contributed by atoms with Crippen molar-refractivity contribution in [3.8, 4) is 11.1 Å². The molecule has 218 valence electrons. The molecule has 0 aromatic heterocycles. The second kappa shape index (κ2) is 17.1. The summed E-state index contributed by atoms with van der Waals surface area (Å²) in [6, 6.07) is 14.1. The van der Waals surface area contributed by atoms with E-state index in [-0.39, 0.29) is 13.2 Å². The van der Waals surface area contributed by atoms with Gasteiger partial charge in [-0.25, -0.2) is 9.59 Å². The maximum absolute atomic E-state index is 12.5. The number of carbonyl (C=O) groups is 2. The highest BCUT2D eigenvalue weighted by molar-refractivity contribution is 5.93. The maximum atomic E-state index is 12.5. The van der Waals surface area contributed by atoms with Gasteiger partial charge in [-0.05, 0) is 35.4 Å². The van der Waals surface area contributed by atoms with Crippen LogP contribution in [0.25, 0.3) is 11.1 Å². The predicted molar refractivity (Wildman–Crippen MR) is 144 cm³/mol. The van der Waals surface area contributed by atoms with Gasteiger partial charge in [-0.3, -0.25) is 0 Å². The quantitative estimate of drug-likeness (QED) is 0.189. The minimum Gasteiger partial charge on any atom is -0.460 e. The molecule has 2 fully saturated rings. The fourth-order valence-electron chi connectivity index (χ4n) is 3.91. The Bertz CT molecular complexity index is 967. The largest absolute Gasteiger partial charge is 0.460 e. The van der Waals surface area contributed by atoms with E-state index in [9.17, 15) is 9.59 Å². The van der Waals surface area contributed by atoms with Crippen molar-refractivity contribution in [3.05, 3.63) is 59.7 Å². The Morgan fingerprint density at radius 3 is 1.38 bits per heavy atom. The Morgan fingerprint density at radius 1 is 0.575 bits per heavy atom. The summed E-state index contributed by atoms with van der Waals surface area (Å²) in [4.78, 5) is 25.0. The molecule has 0 atom stereocenters. The topological polar surface area (TPSA) is 108 Å². The Balaban J connectivity index is 1.12. The number of ether oxygens (including phenoxy) is 8. The zero-order chi connectivity index (χ0) is 27.8. The molecular weight excluding hydrogens is 520 g/mol. The second-order valence-electron chi connectivity index (χ2n) is 9.61. The Morgan fingerprint density at radius 2 is 0.975 bits per heavy atom. The number of esters is 2. The molecule has 0 radical (unpaired) electrons. The van der Waals surface area contributed by atoms with Gasteiger partial charge in [-0.15, -0.1) is 0 Å². The lowest BCUT2D eigenvalue weighted by atomic mass is 10.0. The van der Waals surface area contributed by atoms with E-state index >= 15 is 0 Å². The molecule has 0 saturated carbocycles. The van der Waals surface area contributed by atoms with Crippen LogP contribution in [0, 0.1) is 11.8 Å². The molecule has 0 bridgehead atoms. The molecule has 0 N–H and O–H groups in total. The standard InChI is InChI=1S/C30H38O10/c31-29(39-13-11-33-7-9-35-17-23-19-37-20-23)27-5-1-3-25(15-27)26-4-2-6-28(16-26)30(32)40-14-12-34-8-10-36-18-24-21-38-22-24/h1-6,15-16,23-24H,7-14,17-22H2. The summed E-state index contributed by atoms with van der Waals surface area (Å²) in [5.74, 6) is 0.105. The summed E-state index contributed by atoms with van der Waals surface area (Å²) >= 11 is 0. The molecule has 2 aromatic carbocycles. The molecule has 4 rings (SSSR count). The number of benzene rings is 2. The molecule has 40 heavy (non-hydrogen) atoms. The molecule has 0 unspecified atom stereocenters. The van der Waals surface area contributed by atoms with Gasteiger partial charge in [-0.1, -0.05) is 24.3 Å².